The Hall–Kier alpha value is -1.66. The largest absolute Gasteiger partial charge is 0.466 e. The maximum Gasteiger partial charge on any atom is 0.305 e. The zero-order valence-corrected chi connectivity index (χ0v) is 57.2. The van der Waals surface area contributed by atoms with Gasteiger partial charge in [0.25, 0.3) is 0 Å². The predicted octanol–water partition coefficient (Wildman–Crippen LogP) is 25.3. The Bertz CT molecular complexity index is 1320. The topological polar surface area (TPSA) is 95.9 Å². The second-order valence-electron chi connectivity index (χ2n) is 26.7. The van der Waals surface area contributed by atoms with Gasteiger partial charge in [0.2, 0.25) is 5.91 Å². The predicted molar refractivity (Wildman–Crippen MR) is 370 cm³/mol. The highest BCUT2D eigenvalue weighted by molar-refractivity contribution is 5.76. The molecule has 2 atom stereocenters. The average molecular weight is 1180 g/mol. The summed E-state index contributed by atoms with van der Waals surface area (Å²) in [4.78, 5) is 24.6. The number of hydrogen-bond donors (Lipinski definition) is 3. The molecule has 0 bridgehead atoms. The van der Waals surface area contributed by atoms with Crippen molar-refractivity contribution in [3.05, 3.63) is 24.3 Å². The van der Waals surface area contributed by atoms with Crippen molar-refractivity contribution in [1.29, 1.82) is 0 Å². The number of aliphatic hydroxyl groups is 2. The SMILES string of the molecule is CCCCCCC/C=C\CCCCCCCC(=O)OCCCCCCCCCCCCCC/C=C\CCCCCCCCCCCCCCCCC(=O)NC(CO)C(O)CCCCCCCCCCCCCCCCCCCCCCCCC. The van der Waals surface area contributed by atoms with Gasteiger partial charge in [0.1, 0.15) is 0 Å². The number of esters is 1. The molecule has 1 amide bonds. The zero-order chi connectivity index (χ0) is 60.6. The van der Waals surface area contributed by atoms with Crippen molar-refractivity contribution in [3.63, 3.8) is 0 Å². The third kappa shape index (κ3) is 69.4. The van der Waals surface area contributed by atoms with Crippen LogP contribution in [0.4, 0.5) is 0 Å². The van der Waals surface area contributed by atoms with Crippen LogP contribution in [-0.4, -0.2) is 47.4 Å². The molecule has 3 N–H and O–H groups in total. The Kier molecular flexibility index (Phi) is 72.3. The lowest BCUT2D eigenvalue weighted by Gasteiger charge is -2.22. The number of aliphatic hydroxyl groups excluding tert-OH is 2. The van der Waals surface area contributed by atoms with E-state index in [0.29, 0.717) is 25.9 Å². The van der Waals surface area contributed by atoms with Crippen LogP contribution in [0.2, 0.25) is 0 Å². The average Bonchev–Trinajstić information content (AvgIpc) is 3.51. The van der Waals surface area contributed by atoms with Gasteiger partial charge in [0, 0.05) is 12.8 Å². The summed E-state index contributed by atoms with van der Waals surface area (Å²) < 4.78 is 5.49. The number of allylic oxidation sites excluding steroid dienone is 4. The molecule has 0 aromatic rings. The van der Waals surface area contributed by atoms with E-state index < -0.39 is 12.1 Å². The minimum absolute atomic E-state index is 0.00949. The van der Waals surface area contributed by atoms with Crippen molar-refractivity contribution < 1.29 is 24.5 Å². The molecule has 6 nitrogen and oxygen atoms in total. The molecule has 0 saturated heterocycles. The first-order valence-corrected chi connectivity index (χ1v) is 38.6. The summed E-state index contributed by atoms with van der Waals surface area (Å²) in [6, 6.07) is -0.542. The van der Waals surface area contributed by atoms with E-state index in [1.54, 1.807) is 0 Å². The standard InChI is InChI=1S/C78H151NO5/c1-3-5-7-9-11-13-15-17-19-20-21-22-31-34-37-40-43-46-50-54-58-62-66-70-76(81)75(74-80)79-77(82)71-67-63-59-55-51-47-44-41-38-35-32-29-27-25-23-24-26-28-30-33-36-39-42-45-49-53-57-61-65-69-73-84-78(83)72-68-64-60-56-52-48-18-16-14-12-10-8-6-4-2/h16,18,24,26,75-76,80-81H,3-15,17,19-23,25,27-74H2,1-2H3,(H,79,82)/b18-16-,26-24-. The number of carbonyl (C=O) groups is 2. The van der Waals surface area contributed by atoms with Gasteiger partial charge in [-0.15, -0.1) is 0 Å². The van der Waals surface area contributed by atoms with Crippen LogP contribution >= 0.6 is 0 Å². The van der Waals surface area contributed by atoms with Crippen LogP contribution in [0.1, 0.15) is 438 Å². The summed E-state index contributed by atoms with van der Waals surface area (Å²) in [5.74, 6) is -0.0186. The molecule has 6 heteroatoms. The monoisotopic (exact) mass is 1180 g/mol. The maximum absolute atomic E-state index is 12.6. The van der Waals surface area contributed by atoms with Crippen LogP contribution in [0.15, 0.2) is 24.3 Å². The molecular formula is C78H151NO5. The summed E-state index contributed by atoms with van der Waals surface area (Å²) in [5.41, 5.74) is 0. The van der Waals surface area contributed by atoms with Crippen molar-refractivity contribution in [1.82, 2.24) is 5.32 Å². The molecule has 0 aliphatic carbocycles. The van der Waals surface area contributed by atoms with Gasteiger partial charge in [-0.25, -0.2) is 0 Å². The van der Waals surface area contributed by atoms with Crippen molar-refractivity contribution in [2.24, 2.45) is 0 Å². The fourth-order valence-corrected chi connectivity index (χ4v) is 12.3. The summed E-state index contributed by atoms with van der Waals surface area (Å²) >= 11 is 0. The van der Waals surface area contributed by atoms with Crippen molar-refractivity contribution in [2.75, 3.05) is 13.2 Å². The second kappa shape index (κ2) is 73.8. The Balaban J connectivity index is 3.37. The summed E-state index contributed by atoms with van der Waals surface area (Å²) in [7, 11) is 0. The number of amides is 1. The lowest BCUT2D eigenvalue weighted by atomic mass is 10.0. The van der Waals surface area contributed by atoms with Gasteiger partial charge < -0.3 is 20.3 Å². The molecule has 0 rings (SSSR count). The van der Waals surface area contributed by atoms with Gasteiger partial charge in [-0.2, -0.15) is 0 Å². The highest BCUT2D eigenvalue weighted by Crippen LogP contribution is 2.20. The van der Waals surface area contributed by atoms with Crippen LogP contribution < -0.4 is 5.32 Å². The Morgan fingerprint density at radius 3 is 0.845 bits per heavy atom. The molecule has 0 aliphatic heterocycles. The lowest BCUT2D eigenvalue weighted by molar-refractivity contribution is -0.143. The first-order chi connectivity index (χ1) is 41.5. The fourth-order valence-electron chi connectivity index (χ4n) is 12.3. The van der Waals surface area contributed by atoms with E-state index in [9.17, 15) is 19.8 Å². The van der Waals surface area contributed by atoms with Gasteiger partial charge >= 0.3 is 5.97 Å². The summed E-state index contributed by atoms with van der Waals surface area (Å²) in [6.07, 6.45) is 94.0. The quantitative estimate of drug-likeness (QED) is 0.0320. The molecule has 0 aromatic heterocycles. The number of unbranched alkanes of at least 4 members (excludes halogenated alkanes) is 58. The molecule has 2 unspecified atom stereocenters. The molecule has 0 fully saturated rings. The second-order valence-corrected chi connectivity index (χ2v) is 26.7. The van der Waals surface area contributed by atoms with Crippen LogP contribution in [0.5, 0.6) is 0 Å². The molecule has 0 saturated carbocycles. The van der Waals surface area contributed by atoms with Gasteiger partial charge in [-0.05, 0) is 77.0 Å². The first kappa shape index (κ1) is 82.3. The van der Waals surface area contributed by atoms with E-state index >= 15 is 0 Å². The third-order valence-corrected chi connectivity index (χ3v) is 18.2. The van der Waals surface area contributed by atoms with Crippen molar-refractivity contribution >= 4 is 11.9 Å². The van der Waals surface area contributed by atoms with E-state index in [1.807, 2.05) is 0 Å². The summed E-state index contributed by atoms with van der Waals surface area (Å²) in [5, 5.41) is 23.5. The molecule has 0 radical (unpaired) electrons. The minimum Gasteiger partial charge on any atom is -0.466 e. The molecular weight excluding hydrogens is 1030 g/mol. The van der Waals surface area contributed by atoms with Gasteiger partial charge in [-0.1, -0.05) is 372 Å². The lowest BCUT2D eigenvalue weighted by Crippen LogP contribution is -2.45. The normalized spacial score (nSPS) is 12.6. The zero-order valence-electron chi connectivity index (χ0n) is 57.2. The Morgan fingerprint density at radius 2 is 0.560 bits per heavy atom. The molecule has 0 aliphatic rings. The van der Waals surface area contributed by atoms with E-state index in [1.165, 1.54) is 360 Å². The molecule has 0 aromatic carbocycles. The van der Waals surface area contributed by atoms with Crippen LogP contribution in [0.3, 0.4) is 0 Å². The van der Waals surface area contributed by atoms with Gasteiger partial charge in [0.05, 0.1) is 25.4 Å². The number of hydrogen-bond acceptors (Lipinski definition) is 5. The highest BCUT2D eigenvalue weighted by Gasteiger charge is 2.20. The van der Waals surface area contributed by atoms with E-state index in [0.717, 1.165) is 44.9 Å². The smallest absolute Gasteiger partial charge is 0.305 e. The van der Waals surface area contributed by atoms with Crippen LogP contribution in [0.25, 0.3) is 0 Å². The van der Waals surface area contributed by atoms with E-state index in [-0.39, 0.29) is 18.5 Å². The van der Waals surface area contributed by atoms with Crippen LogP contribution in [-0.2, 0) is 14.3 Å². The van der Waals surface area contributed by atoms with Crippen molar-refractivity contribution in [2.45, 2.75) is 450 Å². The number of carbonyl (C=O) groups excluding carboxylic acids is 2. The molecule has 84 heavy (non-hydrogen) atoms. The third-order valence-electron chi connectivity index (χ3n) is 18.2. The molecule has 0 spiro atoms. The van der Waals surface area contributed by atoms with Gasteiger partial charge in [-0.3, -0.25) is 9.59 Å². The first-order valence-electron chi connectivity index (χ1n) is 38.6. The van der Waals surface area contributed by atoms with E-state index in [4.69, 9.17) is 4.74 Å². The minimum atomic E-state index is -0.665. The fraction of sp³-hybridized carbons (Fsp3) is 0.923. The molecule has 0 heterocycles. The molecule has 498 valence electrons. The number of ether oxygens (including phenoxy) is 1. The van der Waals surface area contributed by atoms with Crippen LogP contribution in [0, 0.1) is 0 Å². The Morgan fingerprint density at radius 1 is 0.321 bits per heavy atom. The number of nitrogens with one attached hydrogen (secondary N) is 1. The van der Waals surface area contributed by atoms with E-state index in [2.05, 4.69) is 43.5 Å². The van der Waals surface area contributed by atoms with Crippen molar-refractivity contribution in [3.8, 4) is 0 Å². The van der Waals surface area contributed by atoms with Gasteiger partial charge in [0.15, 0.2) is 0 Å². The highest BCUT2D eigenvalue weighted by atomic mass is 16.5. The Labute approximate surface area is 526 Å². The maximum atomic E-state index is 12.6. The summed E-state index contributed by atoms with van der Waals surface area (Å²) in [6.45, 7) is 4.99. The number of rotatable bonds is 73.